The lowest BCUT2D eigenvalue weighted by Crippen LogP contribution is -2.11. The summed E-state index contributed by atoms with van der Waals surface area (Å²) >= 11 is 0. The van der Waals surface area contributed by atoms with Gasteiger partial charge in [0.25, 0.3) is 0 Å². The van der Waals surface area contributed by atoms with Crippen molar-refractivity contribution >= 4 is 11.9 Å². The third-order valence-corrected chi connectivity index (χ3v) is 1.30. The monoisotopic (exact) mass is 192 g/mol. The molecule has 1 heterocycles. The van der Waals surface area contributed by atoms with Crippen LogP contribution in [0.3, 0.4) is 0 Å². The van der Waals surface area contributed by atoms with Crippen LogP contribution in [0.4, 0.5) is 0 Å². The topological polar surface area (TPSA) is 82.3 Å². The summed E-state index contributed by atoms with van der Waals surface area (Å²) in [4.78, 5) is 25.6. The molecular formula is C9H8N2O3. The quantitative estimate of drug-likeness (QED) is 0.412. The molecule has 1 aromatic heterocycles. The fourth-order valence-corrected chi connectivity index (χ4v) is 0.740. The van der Waals surface area contributed by atoms with Crippen LogP contribution in [0.2, 0.25) is 0 Å². The molecule has 0 saturated heterocycles. The lowest BCUT2D eigenvalue weighted by Gasteiger charge is -1.97. The number of carbonyl (C=O) groups excluding carboxylic acids is 2. The van der Waals surface area contributed by atoms with Crippen molar-refractivity contribution in [2.24, 2.45) is 5.73 Å². The fraction of sp³-hybridized carbons (Fsp3) is 0. The summed E-state index contributed by atoms with van der Waals surface area (Å²) in [5, 5.41) is 0. The molecule has 0 amide bonds. The van der Waals surface area contributed by atoms with Crippen molar-refractivity contribution < 1.29 is 14.3 Å². The number of ether oxygens (including phenoxy) is 1. The molecule has 0 bridgehead atoms. The lowest BCUT2D eigenvalue weighted by atomic mass is 10.3. The maximum absolute atomic E-state index is 11.1. The smallest absolute Gasteiger partial charge is 0.364 e. The van der Waals surface area contributed by atoms with E-state index in [4.69, 9.17) is 5.73 Å². The molecular weight excluding hydrogens is 184 g/mol. The van der Waals surface area contributed by atoms with Crippen molar-refractivity contribution in [2.45, 2.75) is 0 Å². The molecule has 0 saturated carbocycles. The molecule has 14 heavy (non-hydrogen) atoms. The summed E-state index contributed by atoms with van der Waals surface area (Å²) in [6.07, 6.45) is 3.37. The predicted octanol–water partition coefficient (Wildman–Crippen LogP) is 0.237. The highest BCUT2D eigenvalue weighted by atomic mass is 16.6. The maximum atomic E-state index is 11.1. The van der Waals surface area contributed by atoms with Gasteiger partial charge in [-0.1, -0.05) is 6.07 Å². The normalized spacial score (nSPS) is 10.0. The molecule has 0 unspecified atom stereocenters. The zero-order valence-electron chi connectivity index (χ0n) is 7.21. The number of pyridine rings is 1. The minimum atomic E-state index is -0.817. The first-order valence-electron chi connectivity index (χ1n) is 3.79. The van der Waals surface area contributed by atoms with Gasteiger partial charge in [-0.25, -0.2) is 14.6 Å². The lowest BCUT2D eigenvalue weighted by molar-refractivity contribution is -0.132. The van der Waals surface area contributed by atoms with Gasteiger partial charge < -0.3 is 10.5 Å². The average molecular weight is 192 g/mol. The largest absolute Gasteiger partial charge is 0.404 e. The van der Waals surface area contributed by atoms with Gasteiger partial charge in [-0.05, 0) is 12.1 Å². The van der Waals surface area contributed by atoms with Crippen molar-refractivity contribution in [3.05, 3.63) is 42.4 Å². The second-order valence-corrected chi connectivity index (χ2v) is 2.28. The SMILES string of the molecule is NC=CC(=O)OC(=O)c1ccccn1. The third kappa shape index (κ3) is 2.71. The first kappa shape index (κ1) is 9.91. The van der Waals surface area contributed by atoms with Crippen LogP contribution < -0.4 is 5.73 Å². The van der Waals surface area contributed by atoms with Crippen molar-refractivity contribution in [1.82, 2.24) is 4.98 Å². The summed E-state index contributed by atoms with van der Waals surface area (Å²) in [6, 6.07) is 4.72. The fourth-order valence-electron chi connectivity index (χ4n) is 0.740. The van der Waals surface area contributed by atoms with Crippen molar-refractivity contribution in [3.8, 4) is 0 Å². The van der Waals surface area contributed by atoms with Crippen molar-refractivity contribution in [3.63, 3.8) is 0 Å². The van der Waals surface area contributed by atoms with E-state index >= 15 is 0 Å². The molecule has 1 rings (SSSR count). The Morgan fingerprint density at radius 2 is 2.21 bits per heavy atom. The van der Waals surface area contributed by atoms with E-state index in [2.05, 4.69) is 9.72 Å². The molecule has 0 atom stereocenters. The molecule has 0 radical (unpaired) electrons. The number of carbonyl (C=O) groups is 2. The Bertz CT molecular complexity index is 360. The maximum Gasteiger partial charge on any atom is 0.364 e. The van der Waals surface area contributed by atoms with Crippen LogP contribution in [-0.4, -0.2) is 16.9 Å². The number of hydrogen-bond acceptors (Lipinski definition) is 5. The number of aromatic nitrogens is 1. The second-order valence-electron chi connectivity index (χ2n) is 2.28. The van der Waals surface area contributed by atoms with E-state index in [0.29, 0.717) is 0 Å². The summed E-state index contributed by atoms with van der Waals surface area (Å²) in [5.74, 6) is -1.61. The Morgan fingerprint density at radius 3 is 2.79 bits per heavy atom. The number of nitrogens with zero attached hydrogens (tertiary/aromatic N) is 1. The summed E-state index contributed by atoms with van der Waals surface area (Å²) in [5.41, 5.74) is 5.01. The van der Waals surface area contributed by atoms with E-state index in [0.717, 1.165) is 12.3 Å². The van der Waals surface area contributed by atoms with Gasteiger partial charge >= 0.3 is 11.9 Å². The zero-order chi connectivity index (χ0) is 10.4. The summed E-state index contributed by atoms with van der Waals surface area (Å²) < 4.78 is 4.37. The van der Waals surface area contributed by atoms with Crippen LogP contribution in [0, 0.1) is 0 Å². The van der Waals surface area contributed by atoms with Gasteiger partial charge in [0.15, 0.2) is 0 Å². The number of esters is 2. The highest BCUT2D eigenvalue weighted by Crippen LogP contribution is 1.96. The molecule has 0 aromatic carbocycles. The van der Waals surface area contributed by atoms with E-state index in [1.54, 1.807) is 12.1 Å². The Labute approximate surface area is 80.2 Å². The standard InChI is InChI=1S/C9H8N2O3/c10-5-4-8(12)14-9(13)7-3-1-2-6-11-7/h1-6H,10H2. The molecule has 0 aliphatic rings. The Morgan fingerprint density at radius 1 is 1.43 bits per heavy atom. The van der Waals surface area contributed by atoms with E-state index in [9.17, 15) is 9.59 Å². The number of nitrogens with two attached hydrogens (primary N) is 1. The number of hydrogen-bond donors (Lipinski definition) is 1. The van der Waals surface area contributed by atoms with Crippen molar-refractivity contribution in [1.29, 1.82) is 0 Å². The van der Waals surface area contributed by atoms with Crippen LogP contribution in [0.15, 0.2) is 36.7 Å². The summed E-state index contributed by atoms with van der Waals surface area (Å²) in [6.45, 7) is 0. The van der Waals surface area contributed by atoms with Crippen LogP contribution in [0.1, 0.15) is 10.5 Å². The zero-order valence-corrected chi connectivity index (χ0v) is 7.21. The van der Waals surface area contributed by atoms with Crippen LogP contribution >= 0.6 is 0 Å². The van der Waals surface area contributed by atoms with Gasteiger partial charge in [-0.15, -0.1) is 0 Å². The highest BCUT2D eigenvalue weighted by Gasteiger charge is 2.10. The molecule has 5 nitrogen and oxygen atoms in total. The van der Waals surface area contributed by atoms with Crippen LogP contribution in [0.25, 0.3) is 0 Å². The average Bonchev–Trinajstić information content (AvgIpc) is 2.19. The molecule has 2 N–H and O–H groups in total. The van der Waals surface area contributed by atoms with E-state index in [1.807, 2.05) is 0 Å². The second kappa shape index (κ2) is 4.76. The van der Waals surface area contributed by atoms with Gasteiger partial charge in [0.1, 0.15) is 5.69 Å². The Kier molecular flexibility index (Phi) is 3.37. The minimum Gasteiger partial charge on any atom is -0.404 e. The molecule has 72 valence electrons. The number of rotatable bonds is 2. The Hall–Kier alpha value is -2.17. The first-order valence-corrected chi connectivity index (χ1v) is 3.79. The van der Waals surface area contributed by atoms with Gasteiger partial charge in [-0.2, -0.15) is 0 Å². The van der Waals surface area contributed by atoms with E-state index in [-0.39, 0.29) is 5.69 Å². The molecule has 1 aromatic rings. The predicted molar refractivity (Wildman–Crippen MR) is 48.0 cm³/mol. The molecule has 0 aliphatic heterocycles. The van der Waals surface area contributed by atoms with Gasteiger partial charge in [0, 0.05) is 18.5 Å². The van der Waals surface area contributed by atoms with Crippen LogP contribution in [-0.2, 0) is 9.53 Å². The first-order chi connectivity index (χ1) is 6.74. The molecule has 0 fully saturated rings. The molecule has 0 aliphatic carbocycles. The minimum absolute atomic E-state index is 0.0753. The highest BCUT2D eigenvalue weighted by molar-refractivity contribution is 5.98. The molecule has 0 spiro atoms. The van der Waals surface area contributed by atoms with Crippen molar-refractivity contribution in [2.75, 3.05) is 0 Å². The molecule has 5 heteroatoms. The Balaban J connectivity index is 2.64. The van der Waals surface area contributed by atoms with E-state index < -0.39 is 11.9 Å². The summed E-state index contributed by atoms with van der Waals surface area (Å²) in [7, 11) is 0. The van der Waals surface area contributed by atoms with Gasteiger partial charge in [0.05, 0.1) is 0 Å². The van der Waals surface area contributed by atoms with E-state index in [1.165, 1.54) is 12.3 Å². The van der Waals surface area contributed by atoms with Gasteiger partial charge in [0.2, 0.25) is 0 Å². The third-order valence-electron chi connectivity index (χ3n) is 1.30. The van der Waals surface area contributed by atoms with Crippen LogP contribution in [0.5, 0.6) is 0 Å². The van der Waals surface area contributed by atoms with Gasteiger partial charge in [-0.3, -0.25) is 0 Å².